The molecule has 1 aromatic heterocycles. The third kappa shape index (κ3) is 5.23. The van der Waals surface area contributed by atoms with Crippen LogP contribution >= 0.6 is 11.8 Å². The number of furan rings is 1. The Bertz CT molecular complexity index is 856. The van der Waals surface area contributed by atoms with Crippen molar-refractivity contribution < 1.29 is 23.5 Å². The SMILES string of the molecule is CCOC(=O)c1c(NC(=O)CSCc2ccccc2C)oc(C)c1C(C)=O. The highest BCUT2D eigenvalue weighted by molar-refractivity contribution is 7.99. The van der Waals surface area contributed by atoms with E-state index in [1.54, 1.807) is 13.8 Å². The van der Waals surface area contributed by atoms with Crippen molar-refractivity contribution in [2.45, 2.75) is 33.4 Å². The Morgan fingerprint density at radius 3 is 2.48 bits per heavy atom. The number of aryl methyl sites for hydroxylation is 2. The fourth-order valence-corrected chi connectivity index (χ4v) is 3.55. The minimum Gasteiger partial charge on any atom is -0.462 e. The van der Waals surface area contributed by atoms with Gasteiger partial charge in [-0.15, -0.1) is 11.8 Å². The van der Waals surface area contributed by atoms with Crippen LogP contribution in [0.15, 0.2) is 28.7 Å². The highest BCUT2D eigenvalue weighted by Crippen LogP contribution is 2.29. The van der Waals surface area contributed by atoms with Crippen molar-refractivity contribution in [1.29, 1.82) is 0 Å². The van der Waals surface area contributed by atoms with Crippen molar-refractivity contribution in [1.82, 2.24) is 0 Å². The van der Waals surface area contributed by atoms with Gasteiger partial charge in [-0.25, -0.2) is 4.79 Å². The lowest BCUT2D eigenvalue weighted by atomic mass is 10.1. The maximum absolute atomic E-state index is 12.3. The van der Waals surface area contributed by atoms with Crippen LogP contribution in [-0.2, 0) is 15.3 Å². The number of nitrogens with one attached hydrogen (secondary N) is 1. The quantitative estimate of drug-likeness (QED) is 0.539. The molecule has 2 aromatic rings. The molecule has 0 saturated carbocycles. The lowest BCUT2D eigenvalue weighted by molar-refractivity contribution is -0.113. The van der Waals surface area contributed by atoms with Gasteiger partial charge in [0.05, 0.1) is 17.9 Å². The van der Waals surface area contributed by atoms with E-state index in [4.69, 9.17) is 9.15 Å². The fraction of sp³-hybridized carbons (Fsp3) is 0.350. The average Bonchev–Trinajstić information content (AvgIpc) is 2.93. The average molecular weight is 389 g/mol. The third-order valence-corrected chi connectivity index (χ3v) is 4.90. The molecule has 0 bridgehead atoms. The number of thioether (sulfide) groups is 1. The fourth-order valence-electron chi connectivity index (χ4n) is 2.64. The molecule has 0 aliphatic carbocycles. The second-order valence-corrected chi connectivity index (χ2v) is 6.97. The molecule has 0 saturated heterocycles. The van der Waals surface area contributed by atoms with Crippen molar-refractivity contribution in [3.63, 3.8) is 0 Å². The Labute approximate surface area is 162 Å². The van der Waals surface area contributed by atoms with E-state index in [-0.39, 0.29) is 46.8 Å². The number of esters is 1. The van der Waals surface area contributed by atoms with E-state index in [0.717, 1.165) is 5.56 Å². The Hall–Kier alpha value is -2.54. The lowest BCUT2D eigenvalue weighted by Crippen LogP contribution is -2.17. The first-order valence-corrected chi connectivity index (χ1v) is 9.74. The van der Waals surface area contributed by atoms with Gasteiger partial charge < -0.3 is 9.15 Å². The molecule has 144 valence electrons. The molecule has 1 aromatic carbocycles. The van der Waals surface area contributed by atoms with Gasteiger partial charge in [-0.2, -0.15) is 0 Å². The zero-order chi connectivity index (χ0) is 20.0. The van der Waals surface area contributed by atoms with Crippen molar-refractivity contribution in [2.24, 2.45) is 0 Å². The molecule has 0 atom stereocenters. The first-order valence-electron chi connectivity index (χ1n) is 8.58. The van der Waals surface area contributed by atoms with E-state index in [9.17, 15) is 14.4 Å². The molecule has 1 amide bonds. The predicted molar refractivity (Wildman–Crippen MR) is 105 cm³/mol. The number of hydrogen-bond acceptors (Lipinski definition) is 6. The second kappa shape index (κ2) is 9.41. The number of Topliss-reactive ketones (excluding diaryl/α,β-unsaturated/α-hetero) is 1. The van der Waals surface area contributed by atoms with Crippen LogP contribution in [0.25, 0.3) is 0 Å². The third-order valence-electron chi connectivity index (χ3n) is 3.92. The minimum atomic E-state index is -0.692. The number of rotatable bonds is 8. The van der Waals surface area contributed by atoms with Crippen molar-refractivity contribution in [3.05, 3.63) is 52.3 Å². The van der Waals surface area contributed by atoms with Crippen LogP contribution in [0.3, 0.4) is 0 Å². The number of benzene rings is 1. The number of carbonyl (C=O) groups excluding carboxylic acids is 3. The van der Waals surface area contributed by atoms with E-state index in [2.05, 4.69) is 5.32 Å². The molecule has 1 heterocycles. The predicted octanol–water partition coefficient (Wildman–Crippen LogP) is 4.15. The zero-order valence-corrected chi connectivity index (χ0v) is 16.7. The smallest absolute Gasteiger partial charge is 0.344 e. The van der Waals surface area contributed by atoms with Gasteiger partial charge in [0, 0.05) is 5.75 Å². The molecule has 0 aliphatic heterocycles. The molecule has 0 spiro atoms. The van der Waals surface area contributed by atoms with Crippen LogP contribution in [0.1, 0.15) is 51.5 Å². The number of anilines is 1. The number of hydrogen-bond donors (Lipinski definition) is 1. The van der Waals surface area contributed by atoms with Gasteiger partial charge in [-0.3, -0.25) is 14.9 Å². The van der Waals surface area contributed by atoms with E-state index >= 15 is 0 Å². The summed E-state index contributed by atoms with van der Waals surface area (Å²) >= 11 is 1.45. The Balaban J connectivity index is 2.08. The molecule has 7 heteroatoms. The van der Waals surface area contributed by atoms with E-state index < -0.39 is 5.97 Å². The summed E-state index contributed by atoms with van der Waals surface area (Å²) in [6, 6.07) is 7.98. The normalized spacial score (nSPS) is 10.5. The summed E-state index contributed by atoms with van der Waals surface area (Å²) < 4.78 is 10.5. The molecule has 0 fully saturated rings. The number of carbonyl (C=O) groups is 3. The minimum absolute atomic E-state index is 0.0286. The van der Waals surface area contributed by atoms with Crippen LogP contribution in [0.4, 0.5) is 5.88 Å². The molecular weight excluding hydrogens is 366 g/mol. The first-order chi connectivity index (χ1) is 12.8. The maximum Gasteiger partial charge on any atom is 0.344 e. The molecule has 0 aliphatic rings. The van der Waals surface area contributed by atoms with Gasteiger partial charge in [-0.05, 0) is 38.8 Å². The van der Waals surface area contributed by atoms with E-state index in [1.165, 1.54) is 24.2 Å². The van der Waals surface area contributed by atoms with Gasteiger partial charge in [0.25, 0.3) is 0 Å². The first kappa shape index (κ1) is 20.8. The Kier molecular flexibility index (Phi) is 7.24. The number of amides is 1. The van der Waals surface area contributed by atoms with Crippen LogP contribution in [0.2, 0.25) is 0 Å². The monoisotopic (exact) mass is 389 g/mol. The van der Waals surface area contributed by atoms with Gasteiger partial charge in [0.1, 0.15) is 11.3 Å². The van der Waals surface area contributed by atoms with Gasteiger partial charge in [0.15, 0.2) is 5.78 Å². The van der Waals surface area contributed by atoms with Gasteiger partial charge >= 0.3 is 5.97 Å². The molecule has 6 nitrogen and oxygen atoms in total. The molecular formula is C20H23NO5S. The van der Waals surface area contributed by atoms with Gasteiger partial charge in [0.2, 0.25) is 11.8 Å². The van der Waals surface area contributed by atoms with Crippen molar-refractivity contribution in [3.8, 4) is 0 Å². The summed E-state index contributed by atoms with van der Waals surface area (Å²) in [5.74, 6) is -0.225. The van der Waals surface area contributed by atoms with E-state index in [1.807, 2.05) is 31.2 Å². The molecule has 0 unspecified atom stereocenters. The Morgan fingerprint density at radius 1 is 1.15 bits per heavy atom. The van der Waals surface area contributed by atoms with Crippen LogP contribution in [0.5, 0.6) is 0 Å². The largest absolute Gasteiger partial charge is 0.462 e. The summed E-state index contributed by atoms with van der Waals surface area (Å²) in [5.41, 5.74) is 2.44. The highest BCUT2D eigenvalue weighted by atomic mass is 32.2. The van der Waals surface area contributed by atoms with Crippen LogP contribution < -0.4 is 5.32 Å². The molecule has 27 heavy (non-hydrogen) atoms. The lowest BCUT2D eigenvalue weighted by Gasteiger charge is -2.07. The summed E-state index contributed by atoms with van der Waals surface area (Å²) in [6.45, 7) is 6.75. The Morgan fingerprint density at radius 2 is 1.85 bits per heavy atom. The maximum atomic E-state index is 12.3. The van der Waals surface area contributed by atoms with Gasteiger partial charge in [-0.1, -0.05) is 24.3 Å². The molecule has 0 radical (unpaired) electrons. The highest BCUT2D eigenvalue weighted by Gasteiger charge is 2.28. The molecule has 2 rings (SSSR count). The molecule has 1 N–H and O–H groups in total. The number of ketones is 1. The van der Waals surface area contributed by atoms with Crippen molar-refractivity contribution in [2.75, 3.05) is 17.7 Å². The van der Waals surface area contributed by atoms with Crippen LogP contribution in [0, 0.1) is 13.8 Å². The number of ether oxygens (including phenoxy) is 1. The summed E-state index contributed by atoms with van der Waals surface area (Å²) in [5, 5.41) is 2.59. The standard InChI is InChI=1S/C20H23NO5S/c1-5-25-20(24)18-17(13(3)22)14(4)26-19(18)21-16(23)11-27-10-15-9-7-6-8-12(15)2/h6-9H,5,10-11H2,1-4H3,(H,21,23). The summed E-state index contributed by atoms with van der Waals surface area (Å²) in [6.07, 6.45) is 0. The van der Waals surface area contributed by atoms with E-state index in [0.29, 0.717) is 5.75 Å². The van der Waals surface area contributed by atoms with Crippen LogP contribution in [-0.4, -0.2) is 30.0 Å². The van der Waals surface area contributed by atoms with Crippen molar-refractivity contribution >= 4 is 35.3 Å². The topological polar surface area (TPSA) is 85.6 Å². The summed E-state index contributed by atoms with van der Waals surface area (Å²) in [4.78, 5) is 36.4. The summed E-state index contributed by atoms with van der Waals surface area (Å²) in [7, 11) is 0. The second-order valence-electron chi connectivity index (χ2n) is 5.98. The zero-order valence-electron chi connectivity index (χ0n) is 15.9.